The van der Waals surface area contributed by atoms with Gasteiger partial charge in [-0.15, -0.1) is 0 Å². The Bertz CT molecular complexity index is 1710. The summed E-state index contributed by atoms with van der Waals surface area (Å²) in [5, 5.41) is 22.5. The molecule has 2 amide bonds. The van der Waals surface area contributed by atoms with Crippen molar-refractivity contribution in [3.63, 3.8) is 0 Å². The zero-order chi connectivity index (χ0) is 35.2. The highest BCUT2D eigenvalue weighted by Crippen LogP contribution is 2.48. The highest BCUT2D eigenvalue weighted by Gasteiger charge is 2.57. The number of aliphatic hydroxyl groups excluding tert-OH is 1. The maximum atomic E-state index is 14.7. The largest absolute Gasteiger partial charge is 0.489 e. The van der Waals surface area contributed by atoms with Gasteiger partial charge in [0, 0.05) is 16.7 Å². The average Bonchev–Trinajstić information content (AvgIpc) is 3.77. The second-order valence-electron chi connectivity index (χ2n) is 11.6. The van der Waals surface area contributed by atoms with Gasteiger partial charge in [-0.3, -0.25) is 9.59 Å². The lowest BCUT2D eigenvalue weighted by Crippen LogP contribution is -2.51. The molecule has 2 aliphatic rings. The third-order valence-electron chi connectivity index (χ3n) is 7.93. The minimum absolute atomic E-state index is 0.0880. The second-order valence-corrected chi connectivity index (χ2v) is 11.6. The summed E-state index contributed by atoms with van der Waals surface area (Å²) in [6.07, 6.45) is -12.4. The zero-order valence-electron chi connectivity index (χ0n) is 24.9. The van der Waals surface area contributed by atoms with Crippen LogP contribution in [-0.2, 0) is 15.8 Å². The number of fused-ring (bicyclic) bond motifs is 1. The lowest BCUT2D eigenvalue weighted by molar-refractivity contribution is -0.265. The summed E-state index contributed by atoms with van der Waals surface area (Å²) in [5.41, 5.74) is -1.57. The van der Waals surface area contributed by atoms with Crippen molar-refractivity contribution in [3.05, 3.63) is 71.2 Å². The third kappa shape index (κ3) is 6.82. The van der Waals surface area contributed by atoms with Gasteiger partial charge in [0.25, 0.3) is 5.91 Å². The summed E-state index contributed by atoms with van der Waals surface area (Å²) in [6.45, 7) is -1.72. The standard InChI is InChI=1S/C31H28F7N3O7/c1-28(27(39)44)14-47-25-19(28)11-22(41-24(25)15-2-5-17(32)6-3-15)29(45,31(36,37)38)13-40-26(43)16-4-9-20(21(10-16)48-18-7-8-18)46-12-23(42)30(33,34)35/h2-6,9-11,18,23,42,45H,7-8,12-14H2,1H3,(H2,39,44)(H,40,43)/t23-,28-,29-/m0/s1. The Hall–Kier alpha value is -4.64. The van der Waals surface area contributed by atoms with Gasteiger partial charge in [0.1, 0.15) is 35.9 Å². The molecule has 10 nitrogen and oxygen atoms in total. The van der Waals surface area contributed by atoms with Crippen molar-refractivity contribution in [2.75, 3.05) is 19.8 Å². The number of nitrogens with zero attached hydrogens (tertiary/aromatic N) is 1. The van der Waals surface area contributed by atoms with Gasteiger partial charge in [-0.05, 0) is 68.3 Å². The van der Waals surface area contributed by atoms with Gasteiger partial charge in [-0.2, -0.15) is 26.3 Å². The van der Waals surface area contributed by atoms with E-state index in [1.807, 2.05) is 5.32 Å². The molecule has 0 bridgehead atoms. The van der Waals surface area contributed by atoms with Crippen molar-refractivity contribution in [2.45, 2.75) is 55.3 Å². The molecule has 1 aliphatic carbocycles. The van der Waals surface area contributed by atoms with Gasteiger partial charge in [0.15, 0.2) is 17.6 Å². The number of nitrogens with two attached hydrogens (primary N) is 1. The lowest BCUT2D eigenvalue weighted by atomic mass is 9.81. The number of carbonyl (C=O) groups excluding carboxylic acids is 2. The Labute approximate surface area is 267 Å². The molecule has 0 spiro atoms. The van der Waals surface area contributed by atoms with Crippen LogP contribution in [-0.4, -0.2) is 71.3 Å². The number of rotatable bonds is 11. The first-order chi connectivity index (χ1) is 22.3. The summed E-state index contributed by atoms with van der Waals surface area (Å²) < 4.78 is 112. The topological polar surface area (TPSA) is 153 Å². The van der Waals surface area contributed by atoms with Crippen LogP contribution in [0.4, 0.5) is 30.7 Å². The van der Waals surface area contributed by atoms with E-state index in [2.05, 4.69) is 4.98 Å². The van der Waals surface area contributed by atoms with Crippen LogP contribution in [0, 0.1) is 5.82 Å². The zero-order valence-corrected chi connectivity index (χ0v) is 24.9. The van der Waals surface area contributed by atoms with E-state index in [0.29, 0.717) is 12.8 Å². The Kier molecular flexibility index (Phi) is 8.98. The van der Waals surface area contributed by atoms with Crippen molar-refractivity contribution < 1.29 is 64.7 Å². The molecule has 258 valence electrons. The van der Waals surface area contributed by atoms with Gasteiger partial charge >= 0.3 is 12.4 Å². The number of alkyl halides is 6. The summed E-state index contributed by atoms with van der Waals surface area (Å²) in [4.78, 5) is 29.5. The van der Waals surface area contributed by atoms with Crippen LogP contribution < -0.4 is 25.3 Å². The fourth-order valence-corrected chi connectivity index (χ4v) is 4.74. The molecule has 0 radical (unpaired) electrons. The van der Waals surface area contributed by atoms with Crippen LogP contribution in [0.5, 0.6) is 17.2 Å². The Balaban J connectivity index is 1.47. The summed E-state index contributed by atoms with van der Waals surface area (Å²) in [6, 6.07) is 8.37. The second kappa shape index (κ2) is 12.4. The van der Waals surface area contributed by atoms with Crippen molar-refractivity contribution in [1.29, 1.82) is 0 Å². The first-order valence-electron chi connectivity index (χ1n) is 14.3. The molecule has 5 N–H and O–H groups in total. The number of benzene rings is 2. The Morgan fingerprint density at radius 2 is 1.75 bits per heavy atom. The number of pyridine rings is 1. The Morgan fingerprint density at radius 1 is 1.08 bits per heavy atom. The quantitative estimate of drug-likeness (QED) is 0.221. The smallest absolute Gasteiger partial charge is 0.424 e. The van der Waals surface area contributed by atoms with Gasteiger partial charge < -0.3 is 35.5 Å². The molecule has 2 heterocycles. The number of halogens is 7. The van der Waals surface area contributed by atoms with Crippen molar-refractivity contribution >= 4 is 11.8 Å². The highest BCUT2D eigenvalue weighted by molar-refractivity contribution is 5.95. The van der Waals surface area contributed by atoms with Gasteiger partial charge in [-0.25, -0.2) is 9.37 Å². The van der Waals surface area contributed by atoms with E-state index in [4.69, 9.17) is 19.9 Å². The lowest BCUT2D eigenvalue weighted by Gasteiger charge is -2.31. The molecular weight excluding hydrogens is 659 g/mol. The fraction of sp³-hybridized carbons (Fsp3) is 0.387. The molecule has 1 aliphatic heterocycles. The van der Waals surface area contributed by atoms with E-state index >= 15 is 0 Å². The van der Waals surface area contributed by atoms with Gasteiger partial charge in [0.05, 0.1) is 18.3 Å². The number of aromatic nitrogens is 1. The van der Waals surface area contributed by atoms with Crippen molar-refractivity contribution in [1.82, 2.24) is 10.3 Å². The number of carbonyl (C=O) groups is 2. The minimum atomic E-state index is -5.47. The maximum Gasteiger partial charge on any atom is 0.424 e. The van der Waals surface area contributed by atoms with E-state index < -0.39 is 65.9 Å². The highest BCUT2D eigenvalue weighted by atomic mass is 19.4. The first-order valence-corrected chi connectivity index (χ1v) is 14.3. The van der Waals surface area contributed by atoms with Crippen LogP contribution >= 0.6 is 0 Å². The molecule has 2 aromatic carbocycles. The molecule has 0 saturated heterocycles. The molecule has 17 heteroatoms. The van der Waals surface area contributed by atoms with Crippen molar-refractivity contribution in [3.8, 4) is 28.5 Å². The van der Waals surface area contributed by atoms with E-state index in [1.165, 1.54) is 19.1 Å². The van der Waals surface area contributed by atoms with Crippen molar-refractivity contribution in [2.24, 2.45) is 5.73 Å². The minimum Gasteiger partial charge on any atom is -0.489 e. The number of ether oxygens (including phenoxy) is 3. The maximum absolute atomic E-state index is 14.7. The number of primary amides is 1. The molecule has 0 unspecified atom stereocenters. The van der Waals surface area contributed by atoms with Gasteiger partial charge in [0.2, 0.25) is 11.5 Å². The SMILES string of the molecule is C[C@]1(C(N)=O)COc2c1cc([C@@](O)(CNC(=O)c1ccc(OC[C@H](O)C(F)(F)F)c(OC3CC3)c1)C(F)(F)F)nc2-c1ccc(F)cc1. The monoisotopic (exact) mass is 687 g/mol. The molecule has 1 aromatic heterocycles. The molecule has 1 fully saturated rings. The fourth-order valence-electron chi connectivity index (χ4n) is 4.74. The average molecular weight is 688 g/mol. The summed E-state index contributed by atoms with van der Waals surface area (Å²) >= 11 is 0. The van der Waals surface area contributed by atoms with Crippen LogP contribution in [0.25, 0.3) is 11.3 Å². The molecular formula is C31H28F7N3O7. The number of amides is 2. The predicted octanol–water partition coefficient (Wildman–Crippen LogP) is 4.05. The van der Waals surface area contributed by atoms with Crippen LogP contribution in [0.15, 0.2) is 48.5 Å². The number of nitrogens with one attached hydrogen (secondary N) is 1. The van der Waals surface area contributed by atoms with E-state index in [0.717, 1.165) is 36.4 Å². The molecule has 48 heavy (non-hydrogen) atoms. The third-order valence-corrected chi connectivity index (χ3v) is 7.93. The molecule has 3 atom stereocenters. The molecule has 3 aromatic rings. The van der Waals surface area contributed by atoms with E-state index in [1.54, 1.807) is 0 Å². The van der Waals surface area contributed by atoms with E-state index in [9.17, 15) is 50.5 Å². The molecule has 5 rings (SSSR count). The van der Waals surface area contributed by atoms with Gasteiger partial charge in [-0.1, -0.05) is 0 Å². The number of aliphatic hydroxyl groups is 2. The number of hydrogen-bond donors (Lipinski definition) is 4. The summed E-state index contributed by atoms with van der Waals surface area (Å²) in [5.74, 6) is -3.31. The number of hydrogen-bond acceptors (Lipinski definition) is 8. The normalized spacial score (nSPS) is 19.5. The Morgan fingerprint density at radius 3 is 2.33 bits per heavy atom. The summed E-state index contributed by atoms with van der Waals surface area (Å²) in [7, 11) is 0. The van der Waals surface area contributed by atoms with E-state index in [-0.39, 0.29) is 52.3 Å². The predicted molar refractivity (Wildman–Crippen MR) is 152 cm³/mol. The van der Waals surface area contributed by atoms with Crippen LogP contribution in [0.1, 0.15) is 41.4 Å². The van der Waals surface area contributed by atoms with Crippen LogP contribution in [0.2, 0.25) is 0 Å². The first kappa shape index (κ1) is 34.7. The molecule has 1 saturated carbocycles. The van der Waals surface area contributed by atoms with Crippen LogP contribution in [0.3, 0.4) is 0 Å².